The van der Waals surface area contributed by atoms with Gasteiger partial charge in [0.2, 0.25) is 0 Å². The number of hydrogen-bond donors (Lipinski definition) is 0. The minimum absolute atomic E-state index is 0.744. The maximum atomic E-state index is 10.2. The highest BCUT2D eigenvalue weighted by Crippen LogP contribution is 2.04. The molecule has 0 N–H and O–H groups in total. The Morgan fingerprint density at radius 2 is 1.92 bits per heavy atom. The molecule has 0 amide bonds. The van der Waals surface area contributed by atoms with Crippen LogP contribution in [-0.2, 0) is 9.59 Å². The van der Waals surface area contributed by atoms with Gasteiger partial charge in [-0.15, -0.1) is 0 Å². The van der Waals surface area contributed by atoms with Crippen LogP contribution in [0, 0.1) is 0 Å². The van der Waals surface area contributed by atoms with Crippen molar-refractivity contribution in [1.82, 2.24) is 0 Å². The lowest BCUT2D eigenvalue weighted by molar-refractivity contribution is -0.105. The first-order valence-electron chi connectivity index (χ1n) is 3.93. The first-order valence-corrected chi connectivity index (χ1v) is 3.93. The van der Waals surface area contributed by atoms with E-state index in [1.807, 2.05) is 13.0 Å². The van der Waals surface area contributed by atoms with E-state index in [0.29, 0.717) is 0 Å². The molecule has 0 heterocycles. The zero-order chi connectivity index (χ0) is 9.40. The average Bonchev–Trinajstić information content (AvgIpc) is 2.04. The minimum atomic E-state index is 0.744. The number of carbonyl (C=O) groups excluding carboxylic acids is 2. The van der Waals surface area contributed by atoms with Crippen molar-refractivity contribution in [2.75, 3.05) is 0 Å². The van der Waals surface area contributed by atoms with E-state index in [4.69, 9.17) is 0 Å². The molecule has 0 unspecified atom stereocenters. The van der Waals surface area contributed by atoms with E-state index in [9.17, 15) is 9.59 Å². The smallest absolute Gasteiger partial charge is 0.145 e. The first kappa shape index (κ1) is 10.8. The van der Waals surface area contributed by atoms with Gasteiger partial charge in [-0.1, -0.05) is 11.6 Å². The van der Waals surface area contributed by atoms with E-state index in [2.05, 4.69) is 0 Å². The zero-order valence-corrected chi connectivity index (χ0v) is 7.54. The third-order valence-electron chi connectivity index (χ3n) is 1.54. The van der Waals surface area contributed by atoms with Gasteiger partial charge in [0.15, 0.2) is 0 Å². The van der Waals surface area contributed by atoms with Gasteiger partial charge in [0.25, 0.3) is 0 Å². The molecule has 0 fully saturated rings. The van der Waals surface area contributed by atoms with Crippen LogP contribution in [0.25, 0.3) is 0 Å². The molecule has 0 aromatic carbocycles. The molecule has 12 heavy (non-hydrogen) atoms. The fourth-order valence-corrected chi connectivity index (χ4v) is 0.775. The Balaban J connectivity index is 3.76. The first-order chi connectivity index (χ1) is 5.70. The molecule has 0 aliphatic heterocycles. The number of hydrogen-bond acceptors (Lipinski definition) is 2. The van der Waals surface area contributed by atoms with Crippen LogP contribution < -0.4 is 0 Å². The van der Waals surface area contributed by atoms with Crippen molar-refractivity contribution in [2.24, 2.45) is 0 Å². The second kappa shape index (κ2) is 6.53. The zero-order valence-electron chi connectivity index (χ0n) is 7.54. The largest absolute Gasteiger partial charge is 0.299 e. The predicted octanol–water partition coefficient (Wildman–Crippen LogP) is 2.06. The fraction of sp³-hybridized carbons (Fsp3) is 0.400. The maximum absolute atomic E-state index is 10.2. The summed E-state index contributed by atoms with van der Waals surface area (Å²) in [7, 11) is 0. The SMILES string of the molecule is C/C(C=O)=C/CC/C(C)=C\C=O. The highest BCUT2D eigenvalue weighted by atomic mass is 16.1. The quantitative estimate of drug-likeness (QED) is 0.462. The molecule has 0 aromatic rings. The van der Waals surface area contributed by atoms with Crippen molar-refractivity contribution in [3.63, 3.8) is 0 Å². The molecule has 0 atom stereocenters. The molecule has 0 aromatic heterocycles. The normalized spacial score (nSPS) is 12.8. The van der Waals surface area contributed by atoms with Crippen molar-refractivity contribution >= 4 is 12.6 Å². The van der Waals surface area contributed by atoms with Crippen LogP contribution in [0.5, 0.6) is 0 Å². The highest BCUT2D eigenvalue weighted by molar-refractivity contribution is 5.71. The maximum Gasteiger partial charge on any atom is 0.145 e. The molecule has 2 heteroatoms. The van der Waals surface area contributed by atoms with E-state index < -0.39 is 0 Å². The Labute approximate surface area is 73.0 Å². The lowest BCUT2D eigenvalue weighted by atomic mass is 10.1. The second-order valence-electron chi connectivity index (χ2n) is 2.75. The second-order valence-corrected chi connectivity index (χ2v) is 2.75. The number of allylic oxidation sites excluding steroid dienone is 4. The van der Waals surface area contributed by atoms with E-state index in [1.54, 1.807) is 13.0 Å². The van der Waals surface area contributed by atoms with E-state index in [1.165, 1.54) is 0 Å². The molecular formula is C10H14O2. The van der Waals surface area contributed by atoms with Crippen LogP contribution in [0.4, 0.5) is 0 Å². The van der Waals surface area contributed by atoms with Gasteiger partial charge in [0.05, 0.1) is 0 Å². The number of rotatable bonds is 5. The van der Waals surface area contributed by atoms with Gasteiger partial charge in [-0.3, -0.25) is 9.59 Å². The van der Waals surface area contributed by atoms with Crippen LogP contribution in [-0.4, -0.2) is 12.6 Å². The molecule has 0 bridgehead atoms. The molecule has 0 saturated heterocycles. The molecule has 0 radical (unpaired) electrons. The molecule has 2 nitrogen and oxygen atoms in total. The molecule has 0 spiro atoms. The summed E-state index contributed by atoms with van der Waals surface area (Å²) in [5, 5.41) is 0. The fourth-order valence-electron chi connectivity index (χ4n) is 0.775. The van der Waals surface area contributed by atoms with Crippen molar-refractivity contribution < 1.29 is 9.59 Å². The molecule has 66 valence electrons. The summed E-state index contributed by atoms with van der Waals surface area (Å²) in [4.78, 5) is 20.2. The van der Waals surface area contributed by atoms with Gasteiger partial charge in [-0.05, 0) is 38.3 Å². The van der Waals surface area contributed by atoms with Crippen molar-refractivity contribution in [1.29, 1.82) is 0 Å². The number of carbonyl (C=O) groups is 2. The molecular weight excluding hydrogens is 152 g/mol. The summed E-state index contributed by atoms with van der Waals surface area (Å²) < 4.78 is 0. The van der Waals surface area contributed by atoms with Crippen molar-refractivity contribution in [3.05, 3.63) is 23.3 Å². The summed E-state index contributed by atoms with van der Waals surface area (Å²) in [6, 6.07) is 0. The summed E-state index contributed by atoms with van der Waals surface area (Å²) in [6.45, 7) is 3.67. The summed E-state index contributed by atoms with van der Waals surface area (Å²) >= 11 is 0. The molecule has 0 aliphatic carbocycles. The highest BCUT2D eigenvalue weighted by Gasteiger charge is 1.88. The van der Waals surface area contributed by atoms with Crippen LogP contribution in [0.2, 0.25) is 0 Å². The van der Waals surface area contributed by atoms with Crippen LogP contribution in [0.3, 0.4) is 0 Å². The van der Waals surface area contributed by atoms with Gasteiger partial charge in [0.1, 0.15) is 12.6 Å². The predicted molar refractivity (Wildman–Crippen MR) is 48.9 cm³/mol. The molecule has 0 aliphatic rings. The monoisotopic (exact) mass is 166 g/mol. The van der Waals surface area contributed by atoms with E-state index in [-0.39, 0.29) is 0 Å². The lowest BCUT2D eigenvalue weighted by Crippen LogP contribution is -1.80. The van der Waals surface area contributed by atoms with Crippen molar-refractivity contribution in [3.8, 4) is 0 Å². The van der Waals surface area contributed by atoms with Gasteiger partial charge >= 0.3 is 0 Å². The third-order valence-corrected chi connectivity index (χ3v) is 1.54. The van der Waals surface area contributed by atoms with Crippen LogP contribution >= 0.6 is 0 Å². The van der Waals surface area contributed by atoms with E-state index in [0.717, 1.165) is 36.6 Å². The van der Waals surface area contributed by atoms with Crippen LogP contribution in [0.1, 0.15) is 26.7 Å². The topological polar surface area (TPSA) is 34.1 Å². The average molecular weight is 166 g/mol. The summed E-state index contributed by atoms with van der Waals surface area (Å²) in [6.07, 6.45) is 6.69. The van der Waals surface area contributed by atoms with Gasteiger partial charge in [0, 0.05) is 0 Å². The summed E-state index contributed by atoms with van der Waals surface area (Å²) in [5.41, 5.74) is 1.79. The van der Waals surface area contributed by atoms with Gasteiger partial charge in [-0.25, -0.2) is 0 Å². The van der Waals surface area contributed by atoms with E-state index >= 15 is 0 Å². The Kier molecular flexibility index (Phi) is 5.88. The standard InChI is InChI=1S/C10H14O2/c1-9(6-7-11)4-3-5-10(2)8-12/h5-8H,3-4H2,1-2H3/b9-6-,10-5-. The number of aldehydes is 2. The van der Waals surface area contributed by atoms with Crippen LogP contribution in [0.15, 0.2) is 23.3 Å². The molecule has 0 rings (SSSR count). The van der Waals surface area contributed by atoms with Crippen molar-refractivity contribution in [2.45, 2.75) is 26.7 Å². The Morgan fingerprint density at radius 1 is 1.25 bits per heavy atom. The van der Waals surface area contributed by atoms with Gasteiger partial charge in [-0.2, -0.15) is 0 Å². The summed E-state index contributed by atoms with van der Waals surface area (Å²) in [5.74, 6) is 0. The third kappa shape index (κ3) is 5.59. The lowest BCUT2D eigenvalue weighted by Gasteiger charge is -1.94. The minimum Gasteiger partial charge on any atom is -0.299 e. The Bertz CT molecular complexity index is 212. The Hall–Kier alpha value is -1.18. The van der Waals surface area contributed by atoms with Gasteiger partial charge < -0.3 is 0 Å². The molecule has 0 saturated carbocycles. The Morgan fingerprint density at radius 3 is 2.42 bits per heavy atom.